The van der Waals surface area contributed by atoms with E-state index in [-0.39, 0.29) is 0 Å². The van der Waals surface area contributed by atoms with Crippen LogP contribution in [0, 0.1) is 0 Å². The molecule has 1 aliphatic heterocycles. The highest BCUT2D eigenvalue weighted by molar-refractivity contribution is 7.12. The topological polar surface area (TPSA) is 43.4 Å². The number of hydrogen-bond donors (Lipinski definition) is 0. The quantitative estimate of drug-likeness (QED) is 0.414. The second-order valence-electron chi connectivity index (χ2n) is 1.84. The molecule has 10 heavy (non-hydrogen) atoms. The molecule has 0 aromatic carbocycles. The van der Waals surface area contributed by atoms with Crippen LogP contribution in [0.3, 0.4) is 0 Å². The fourth-order valence-electron chi connectivity index (χ4n) is 0.814. The van der Waals surface area contributed by atoms with Crippen LogP contribution >= 0.6 is 11.3 Å². The van der Waals surface area contributed by atoms with Crippen molar-refractivity contribution < 1.29 is 14.3 Å². The number of carbonyl (C=O) groups is 2. The van der Waals surface area contributed by atoms with Crippen molar-refractivity contribution in [2.24, 2.45) is 0 Å². The number of fused-ring (bicyclic) bond motifs is 1. The van der Waals surface area contributed by atoms with Gasteiger partial charge in [-0.2, -0.15) is 0 Å². The van der Waals surface area contributed by atoms with Gasteiger partial charge in [-0.25, -0.2) is 9.59 Å². The summed E-state index contributed by atoms with van der Waals surface area (Å²) in [5.41, 5.74) is 0.398. The van der Waals surface area contributed by atoms with E-state index in [1.165, 1.54) is 11.3 Å². The molecule has 0 fully saturated rings. The van der Waals surface area contributed by atoms with Gasteiger partial charge < -0.3 is 4.74 Å². The molecule has 0 unspecified atom stereocenters. The first-order chi connectivity index (χ1) is 4.79. The van der Waals surface area contributed by atoms with Crippen molar-refractivity contribution in [1.82, 2.24) is 0 Å². The smallest absolute Gasteiger partial charge is 0.357 e. The van der Waals surface area contributed by atoms with Crippen LogP contribution in [-0.2, 0) is 4.74 Å². The van der Waals surface area contributed by atoms with E-state index in [0.29, 0.717) is 10.4 Å². The van der Waals surface area contributed by atoms with Crippen LogP contribution in [0.1, 0.15) is 20.0 Å². The molecular formula is C6H2O3S. The average molecular weight is 154 g/mol. The monoisotopic (exact) mass is 154 g/mol. The number of carbonyl (C=O) groups excluding carboxylic acids is 2. The van der Waals surface area contributed by atoms with Crippen molar-refractivity contribution in [3.05, 3.63) is 21.9 Å². The first kappa shape index (κ1) is 5.61. The lowest BCUT2D eigenvalue weighted by atomic mass is 10.3. The van der Waals surface area contributed by atoms with Crippen molar-refractivity contribution in [3.63, 3.8) is 0 Å². The molecule has 1 aliphatic rings. The van der Waals surface area contributed by atoms with Gasteiger partial charge >= 0.3 is 11.9 Å². The van der Waals surface area contributed by atoms with Crippen LogP contribution in [0.2, 0.25) is 0 Å². The molecule has 2 rings (SSSR count). The van der Waals surface area contributed by atoms with Gasteiger partial charge in [-0.05, 0) is 11.4 Å². The zero-order chi connectivity index (χ0) is 7.14. The third kappa shape index (κ3) is 0.537. The summed E-state index contributed by atoms with van der Waals surface area (Å²) >= 11 is 1.23. The number of esters is 2. The van der Waals surface area contributed by atoms with E-state index in [1.807, 2.05) is 0 Å². The van der Waals surface area contributed by atoms with Gasteiger partial charge in [0.05, 0.1) is 5.56 Å². The number of rotatable bonds is 0. The molecule has 1 aromatic rings. The molecule has 4 heteroatoms. The standard InChI is InChI=1S/C6H2O3S/c7-5-3-1-2-10-4(3)6(8)9-5/h1-2H. The summed E-state index contributed by atoms with van der Waals surface area (Å²) in [5, 5.41) is 1.70. The van der Waals surface area contributed by atoms with E-state index in [0.717, 1.165) is 0 Å². The number of thiophene rings is 1. The predicted octanol–water partition coefficient (Wildman–Crippen LogP) is 1.06. The Morgan fingerprint density at radius 3 is 2.80 bits per heavy atom. The Kier molecular flexibility index (Phi) is 0.935. The molecule has 50 valence electrons. The number of ether oxygens (including phenoxy) is 1. The van der Waals surface area contributed by atoms with Crippen LogP contribution in [-0.4, -0.2) is 11.9 Å². The van der Waals surface area contributed by atoms with Crippen molar-refractivity contribution in [2.45, 2.75) is 0 Å². The van der Waals surface area contributed by atoms with Gasteiger partial charge in [-0.15, -0.1) is 11.3 Å². The van der Waals surface area contributed by atoms with Crippen molar-refractivity contribution >= 4 is 23.3 Å². The van der Waals surface area contributed by atoms with E-state index >= 15 is 0 Å². The van der Waals surface area contributed by atoms with E-state index in [4.69, 9.17) is 0 Å². The molecule has 0 aliphatic carbocycles. The van der Waals surface area contributed by atoms with Gasteiger partial charge in [0, 0.05) is 0 Å². The maximum Gasteiger partial charge on any atom is 0.357 e. The highest BCUT2D eigenvalue weighted by Gasteiger charge is 2.30. The first-order valence-corrected chi connectivity index (χ1v) is 3.51. The summed E-state index contributed by atoms with van der Waals surface area (Å²) in [4.78, 5) is 21.8. The van der Waals surface area contributed by atoms with Crippen molar-refractivity contribution in [3.8, 4) is 0 Å². The Labute approximate surface area is 60.2 Å². The largest absolute Gasteiger partial charge is 0.385 e. The molecule has 0 N–H and O–H groups in total. The second-order valence-corrected chi connectivity index (χ2v) is 2.76. The highest BCUT2D eigenvalue weighted by Crippen LogP contribution is 2.24. The average Bonchev–Trinajstić information content (AvgIpc) is 2.39. The van der Waals surface area contributed by atoms with E-state index in [1.54, 1.807) is 11.4 Å². The minimum absolute atomic E-state index is 0.398. The van der Waals surface area contributed by atoms with Gasteiger partial charge in [0.25, 0.3) is 0 Å². The number of cyclic esters (lactones) is 2. The van der Waals surface area contributed by atoms with Crippen LogP contribution in [0.25, 0.3) is 0 Å². The lowest BCUT2D eigenvalue weighted by molar-refractivity contribution is 0.0445. The van der Waals surface area contributed by atoms with Gasteiger partial charge in [-0.1, -0.05) is 0 Å². The van der Waals surface area contributed by atoms with E-state index in [2.05, 4.69) is 4.74 Å². The molecule has 3 nitrogen and oxygen atoms in total. The van der Waals surface area contributed by atoms with Crippen molar-refractivity contribution in [2.75, 3.05) is 0 Å². The Morgan fingerprint density at radius 2 is 2.10 bits per heavy atom. The minimum Gasteiger partial charge on any atom is -0.385 e. The van der Waals surface area contributed by atoms with Gasteiger partial charge in [-0.3, -0.25) is 0 Å². The van der Waals surface area contributed by atoms with Gasteiger partial charge in [0.15, 0.2) is 0 Å². The van der Waals surface area contributed by atoms with Gasteiger partial charge in [0.2, 0.25) is 0 Å². The van der Waals surface area contributed by atoms with Crippen LogP contribution < -0.4 is 0 Å². The molecular weight excluding hydrogens is 152 g/mol. The molecule has 0 spiro atoms. The molecule has 0 amide bonds. The summed E-state index contributed by atoms with van der Waals surface area (Å²) in [5.74, 6) is -1.05. The maximum atomic E-state index is 10.7. The first-order valence-electron chi connectivity index (χ1n) is 2.63. The Bertz CT molecular complexity index is 284. The summed E-state index contributed by atoms with van der Waals surface area (Å²) < 4.78 is 4.30. The second kappa shape index (κ2) is 1.67. The fourth-order valence-corrected chi connectivity index (χ4v) is 1.57. The lowest BCUT2D eigenvalue weighted by Gasteiger charge is -1.83. The maximum absolute atomic E-state index is 10.7. The summed E-state index contributed by atoms with van der Waals surface area (Å²) in [7, 11) is 0. The minimum atomic E-state index is -0.527. The predicted molar refractivity (Wildman–Crippen MR) is 34.1 cm³/mol. The third-order valence-electron chi connectivity index (χ3n) is 1.26. The molecule has 0 bridgehead atoms. The summed E-state index contributed by atoms with van der Waals surface area (Å²) in [6.07, 6.45) is 0. The van der Waals surface area contributed by atoms with Gasteiger partial charge in [0.1, 0.15) is 4.88 Å². The number of hydrogen-bond acceptors (Lipinski definition) is 4. The normalized spacial score (nSPS) is 15.2. The molecule has 0 saturated carbocycles. The third-order valence-corrected chi connectivity index (χ3v) is 2.15. The molecule has 1 aromatic heterocycles. The molecule has 0 saturated heterocycles. The molecule has 0 radical (unpaired) electrons. The zero-order valence-electron chi connectivity index (χ0n) is 4.79. The van der Waals surface area contributed by atoms with Crippen LogP contribution in [0.15, 0.2) is 11.4 Å². The Balaban J connectivity index is 2.69. The fraction of sp³-hybridized carbons (Fsp3) is 0. The van der Waals surface area contributed by atoms with Crippen LogP contribution in [0.5, 0.6) is 0 Å². The highest BCUT2D eigenvalue weighted by atomic mass is 32.1. The summed E-state index contributed by atoms with van der Waals surface area (Å²) in [6.45, 7) is 0. The molecule has 2 heterocycles. The SMILES string of the molecule is O=C1OC(=O)c2sccc21. The van der Waals surface area contributed by atoms with Crippen LogP contribution in [0.4, 0.5) is 0 Å². The Morgan fingerprint density at radius 1 is 1.30 bits per heavy atom. The van der Waals surface area contributed by atoms with E-state index < -0.39 is 11.9 Å². The van der Waals surface area contributed by atoms with E-state index in [9.17, 15) is 9.59 Å². The van der Waals surface area contributed by atoms with Crippen molar-refractivity contribution in [1.29, 1.82) is 0 Å². The Hall–Kier alpha value is -1.16. The summed E-state index contributed by atoms with van der Waals surface area (Å²) in [6, 6.07) is 1.59. The zero-order valence-corrected chi connectivity index (χ0v) is 5.60. The lowest BCUT2D eigenvalue weighted by Crippen LogP contribution is -1.97. The molecule has 0 atom stereocenters.